The third-order valence-electron chi connectivity index (χ3n) is 3.71. The third-order valence-corrected chi connectivity index (χ3v) is 5.74. The van der Waals surface area contributed by atoms with Crippen LogP contribution in [0.4, 0.5) is 5.69 Å². The van der Waals surface area contributed by atoms with Gasteiger partial charge in [-0.1, -0.05) is 29.8 Å². The highest BCUT2D eigenvalue weighted by molar-refractivity contribution is 7.80. The topological polar surface area (TPSA) is 41.6 Å². The van der Waals surface area contributed by atoms with Crippen LogP contribution in [0.5, 0.6) is 5.75 Å². The highest BCUT2D eigenvalue weighted by Crippen LogP contribution is 2.37. The zero-order valence-corrected chi connectivity index (χ0v) is 16.0. The largest absolute Gasteiger partial charge is 0.497 e. The summed E-state index contributed by atoms with van der Waals surface area (Å²) in [6, 6.07) is 15.1. The molecule has 0 aliphatic carbocycles. The number of methoxy groups -OCH3 is 1. The van der Waals surface area contributed by atoms with E-state index in [0.29, 0.717) is 15.0 Å². The fourth-order valence-electron chi connectivity index (χ4n) is 2.33. The van der Waals surface area contributed by atoms with Gasteiger partial charge >= 0.3 is 0 Å². The quantitative estimate of drug-likeness (QED) is 0.657. The Morgan fingerprint density at radius 3 is 2.64 bits per heavy atom. The lowest BCUT2D eigenvalue weighted by atomic mass is 10.2. The van der Waals surface area contributed by atoms with Crippen molar-refractivity contribution in [2.24, 2.45) is 0 Å². The number of hydrogen-bond donors (Lipinski definition) is 1. The maximum absolute atomic E-state index is 12.6. The second-order valence-electron chi connectivity index (χ2n) is 5.26. The van der Waals surface area contributed by atoms with Crippen LogP contribution in [-0.4, -0.2) is 25.2 Å². The number of para-hydroxylation sites is 1. The molecule has 1 aromatic heterocycles. The Labute approximate surface area is 160 Å². The van der Waals surface area contributed by atoms with Crippen LogP contribution in [0, 0.1) is 0 Å². The van der Waals surface area contributed by atoms with E-state index >= 15 is 0 Å². The molecule has 3 rings (SSSR count). The van der Waals surface area contributed by atoms with Crippen molar-refractivity contribution in [3.05, 3.63) is 58.4 Å². The molecule has 1 N–H and O–H groups in total. The minimum absolute atomic E-state index is 0.308. The lowest BCUT2D eigenvalue weighted by Crippen LogP contribution is -2.40. The molecule has 0 atom stereocenters. The van der Waals surface area contributed by atoms with Gasteiger partial charge in [-0.25, -0.2) is 0 Å². The molecule has 0 saturated carbocycles. The molecular weight excluding hydrogens is 376 g/mol. The first-order valence-electron chi connectivity index (χ1n) is 7.41. The lowest BCUT2D eigenvalue weighted by molar-refractivity contribution is 0.0981. The molecule has 128 valence electrons. The fraction of sp³-hybridized carbons (Fsp3) is 0.111. The Morgan fingerprint density at radius 1 is 1.24 bits per heavy atom. The maximum atomic E-state index is 12.6. The molecule has 0 unspecified atom stereocenters. The van der Waals surface area contributed by atoms with Gasteiger partial charge in [-0.2, -0.15) is 0 Å². The van der Waals surface area contributed by atoms with E-state index in [1.807, 2.05) is 48.5 Å². The van der Waals surface area contributed by atoms with Gasteiger partial charge in [-0.15, -0.1) is 11.3 Å². The van der Waals surface area contributed by atoms with Crippen LogP contribution in [0.25, 0.3) is 10.1 Å². The molecule has 7 heteroatoms. The van der Waals surface area contributed by atoms with E-state index in [2.05, 4.69) is 5.32 Å². The summed E-state index contributed by atoms with van der Waals surface area (Å²) in [7, 11) is 3.40. The summed E-state index contributed by atoms with van der Waals surface area (Å²) in [5.74, 6) is 0.398. The zero-order chi connectivity index (χ0) is 18.0. The summed E-state index contributed by atoms with van der Waals surface area (Å²) in [5.41, 5.74) is 0.889. The predicted molar refractivity (Wildman–Crippen MR) is 108 cm³/mol. The van der Waals surface area contributed by atoms with Gasteiger partial charge in [0.15, 0.2) is 5.11 Å². The standard InChI is InChI=1S/C18H15ClN2O2S2/c1-21(11-6-4-3-5-7-11)18(24)20-17(22)16-15(19)13-9-8-12(23-2)10-14(13)25-16/h3-10H,1-2H3,(H,20,22,24). The third kappa shape index (κ3) is 3.61. The first-order valence-corrected chi connectivity index (χ1v) is 9.01. The van der Waals surface area contributed by atoms with Gasteiger partial charge in [0.05, 0.1) is 12.1 Å². The Hall–Kier alpha value is -2.15. The summed E-state index contributed by atoms with van der Waals surface area (Å²) in [6.07, 6.45) is 0. The Kier molecular flexibility index (Phi) is 5.22. The van der Waals surface area contributed by atoms with Gasteiger partial charge in [0.25, 0.3) is 5.91 Å². The van der Waals surface area contributed by atoms with E-state index in [0.717, 1.165) is 21.5 Å². The van der Waals surface area contributed by atoms with E-state index < -0.39 is 0 Å². The average molecular weight is 391 g/mol. The Morgan fingerprint density at radius 2 is 1.96 bits per heavy atom. The molecule has 3 aromatic rings. The van der Waals surface area contributed by atoms with E-state index in [4.69, 9.17) is 28.6 Å². The second-order valence-corrected chi connectivity index (χ2v) is 7.08. The molecule has 0 radical (unpaired) electrons. The second kappa shape index (κ2) is 7.39. The van der Waals surface area contributed by atoms with Crippen LogP contribution < -0.4 is 15.0 Å². The van der Waals surface area contributed by atoms with Crippen molar-refractivity contribution in [3.8, 4) is 5.75 Å². The highest BCUT2D eigenvalue weighted by Gasteiger charge is 2.19. The van der Waals surface area contributed by atoms with Crippen molar-refractivity contribution in [2.75, 3.05) is 19.1 Å². The normalized spacial score (nSPS) is 10.5. The minimum Gasteiger partial charge on any atom is -0.497 e. The van der Waals surface area contributed by atoms with Crippen molar-refractivity contribution < 1.29 is 9.53 Å². The van der Waals surface area contributed by atoms with Gasteiger partial charge in [-0.05, 0) is 42.5 Å². The van der Waals surface area contributed by atoms with E-state index in [1.165, 1.54) is 11.3 Å². The number of benzene rings is 2. The number of hydrogen-bond acceptors (Lipinski definition) is 4. The van der Waals surface area contributed by atoms with Gasteiger partial charge in [0.1, 0.15) is 10.6 Å². The number of amides is 1. The van der Waals surface area contributed by atoms with E-state index in [9.17, 15) is 4.79 Å². The van der Waals surface area contributed by atoms with Crippen LogP contribution >= 0.6 is 35.2 Å². The van der Waals surface area contributed by atoms with Crippen molar-refractivity contribution in [1.82, 2.24) is 5.32 Å². The molecule has 0 bridgehead atoms. The number of thiocarbonyl (C=S) groups is 1. The van der Waals surface area contributed by atoms with Crippen LogP contribution in [0.15, 0.2) is 48.5 Å². The van der Waals surface area contributed by atoms with E-state index in [-0.39, 0.29) is 5.91 Å². The van der Waals surface area contributed by atoms with E-state index in [1.54, 1.807) is 19.1 Å². The number of rotatable bonds is 3. The fourth-order valence-corrected chi connectivity index (χ4v) is 3.96. The minimum atomic E-state index is -0.321. The number of nitrogens with one attached hydrogen (secondary N) is 1. The van der Waals surface area contributed by atoms with Gasteiger partial charge < -0.3 is 9.64 Å². The molecule has 25 heavy (non-hydrogen) atoms. The maximum Gasteiger partial charge on any atom is 0.269 e. The number of anilines is 1. The molecule has 0 fully saturated rings. The number of ether oxygens (including phenoxy) is 1. The lowest BCUT2D eigenvalue weighted by Gasteiger charge is -2.20. The molecule has 2 aromatic carbocycles. The Balaban J connectivity index is 1.82. The number of carbonyl (C=O) groups excluding carboxylic acids is 1. The highest BCUT2D eigenvalue weighted by atomic mass is 35.5. The summed E-state index contributed by atoms with van der Waals surface area (Å²) in [4.78, 5) is 14.8. The molecule has 0 aliphatic heterocycles. The Bertz CT molecular complexity index is 941. The summed E-state index contributed by atoms with van der Waals surface area (Å²) < 4.78 is 6.10. The number of thiophene rings is 1. The number of halogens is 1. The van der Waals surface area contributed by atoms with Crippen molar-refractivity contribution in [2.45, 2.75) is 0 Å². The summed E-state index contributed by atoms with van der Waals surface area (Å²) >= 11 is 13.0. The van der Waals surface area contributed by atoms with Crippen LogP contribution in [0.1, 0.15) is 9.67 Å². The van der Waals surface area contributed by atoms with Gasteiger partial charge in [0, 0.05) is 22.8 Å². The molecule has 4 nitrogen and oxygen atoms in total. The smallest absolute Gasteiger partial charge is 0.269 e. The molecular formula is C18H15ClN2O2S2. The summed E-state index contributed by atoms with van der Waals surface area (Å²) in [5, 5.41) is 4.29. The molecule has 1 heterocycles. The first kappa shape index (κ1) is 17.7. The monoisotopic (exact) mass is 390 g/mol. The van der Waals surface area contributed by atoms with Crippen molar-refractivity contribution in [1.29, 1.82) is 0 Å². The molecule has 0 spiro atoms. The number of fused-ring (bicyclic) bond motifs is 1. The predicted octanol–water partition coefficient (Wildman–Crippen LogP) is 4.71. The van der Waals surface area contributed by atoms with Gasteiger partial charge in [0.2, 0.25) is 0 Å². The molecule has 0 saturated heterocycles. The van der Waals surface area contributed by atoms with Crippen LogP contribution in [-0.2, 0) is 0 Å². The molecule has 0 aliphatic rings. The average Bonchev–Trinajstić information content (AvgIpc) is 2.97. The van der Waals surface area contributed by atoms with Crippen molar-refractivity contribution >= 4 is 61.9 Å². The van der Waals surface area contributed by atoms with Crippen LogP contribution in [0.2, 0.25) is 5.02 Å². The zero-order valence-electron chi connectivity index (χ0n) is 13.6. The van der Waals surface area contributed by atoms with Crippen molar-refractivity contribution in [3.63, 3.8) is 0 Å². The first-order chi connectivity index (χ1) is 12.0. The van der Waals surface area contributed by atoms with Gasteiger partial charge in [-0.3, -0.25) is 10.1 Å². The molecule has 1 amide bonds. The number of carbonyl (C=O) groups is 1. The van der Waals surface area contributed by atoms with Crippen LogP contribution in [0.3, 0.4) is 0 Å². The SMILES string of the molecule is COc1ccc2c(Cl)c(C(=O)NC(=S)N(C)c3ccccc3)sc2c1. The summed E-state index contributed by atoms with van der Waals surface area (Å²) in [6.45, 7) is 0. The number of nitrogens with zero attached hydrogens (tertiary/aromatic N) is 1.